The summed E-state index contributed by atoms with van der Waals surface area (Å²) in [5.41, 5.74) is 2.26. The Balaban J connectivity index is 1.65. The minimum absolute atomic E-state index is 0.441. The lowest BCUT2D eigenvalue weighted by Crippen LogP contribution is -2.34. The molecule has 0 unspecified atom stereocenters. The molecular formula is C16H14BrCl2N. The van der Waals surface area contributed by atoms with Crippen LogP contribution in [-0.4, -0.2) is 6.04 Å². The lowest BCUT2D eigenvalue weighted by Gasteiger charge is -2.37. The van der Waals surface area contributed by atoms with Crippen molar-refractivity contribution in [2.75, 3.05) is 5.32 Å². The Bertz CT molecular complexity index is 586. The van der Waals surface area contributed by atoms with Gasteiger partial charge in [0, 0.05) is 10.5 Å². The third kappa shape index (κ3) is 2.98. The maximum absolute atomic E-state index is 6.24. The van der Waals surface area contributed by atoms with E-state index >= 15 is 0 Å². The lowest BCUT2D eigenvalue weighted by molar-refractivity contribution is 0.374. The molecule has 0 radical (unpaired) electrons. The predicted octanol–water partition coefficient (Wildman–Crippen LogP) is 6.11. The first-order valence-corrected chi connectivity index (χ1v) is 8.14. The first-order valence-electron chi connectivity index (χ1n) is 6.59. The number of halogens is 3. The molecule has 2 aromatic carbocycles. The second kappa shape index (κ2) is 5.97. The van der Waals surface area contributed by atoms with E-state index in [9.17, 15) is 0 Å². The van der Waals surface area contributed by atoms with Gasteiger partial charge in [-0.1, -0.05) is 69.5 Å². The third-order valence-corrected chi connectivity index (χ3v) is 4.82. The van der Waals surface area contributed by atoms with Gasteiger partial charge in [0.15, 0.2) is 0 Å². The number of rotatable bonds is 3. The number of benzene rings is 2. The van der Waals surface area contributed by atoms with Crippen molar-refractivity contribution < 1.29 is 0 Å². The summed E-state index contributed by atoms with van der Waals surface area (Å²) in [5.74, 6) is 0.640. The first-order chi connectivity index (χ1) is 9.63. The molecule has 2 aromatic rings. The van der Waals surface area contributed by atoms with E-state index in [1.807, 2.05) is 12.1 Å². The van der Waals surface area contributed by atoms with Gasteiger partial charge in [0.05, 0.1) is 15.7 Å². The smallest absolute Gasteiger partial charge is 0.0721 e. The number of anilines is 1. The molecule has 0 atom stereocenters. The summed E-state index contributed by atoms with van der Waals surface area (Å²) in [7, 11) is 0. The Kier molecular flexibility index (Phi) is 4.25. The summed E-state index contributed by atoms with van der Waals surface area (Å²) in [6.45, 7) is 0. The van der Waals surface area contributed by atoms with Crippen molar-refractivity contribution >= 4 is 44.8 Å². The van der Waals surface area contributed by atoms with E-state index in [-0.39, 0.29) is 0 Å². The average Bonchev–Trinajstić information content (AvgIpc) is 2.36. The highest BCUT2D eigenvalue weighted by Crippen LogP contribution is 2.41. The molecule has 1 aliphatic carbocycles. The maximum atomic E-state index is 6.24. The minimum atomic E-state index is 0.441. The van der Waals surface area contributed by atoms with E-state index in [4.69, 9.17) is 23.2 Å². The van der Waals surface area contributed by atoms with E-state index < -0.39 is 0 Å². The molecular weight excluding hydrogens is 357 g/mol. The van der Waals surface area contributed by atoms with Crippen molar-refractivity contribution in [3.05, 3.63) is 62.5 Å². The van der Waals surface area contributed by atoms with Crippen LogP contribution in [0, 0.1) is 0 Å². The van der Waals surface area contributed by atoms with Crippen LogP contribution in [0.15, 0.2) is 46.9 Å². The van der Waals surface area contributed by atoms with E-state index in [1.165, 1.54) is 5.56 Å². The molecule has 0 aliphatic heterocycles. The molecule has 0 saturated heterocycles. The predicted molar refractivity (Wildman–Crippen MR) is 90.0 cm³/mol. The van der Waals surface area contributed by atoms with Crippen molar-refractivity contribution in [2.45, 2.75) is 24.8 Å². The molecule has 1 fully saturated rings. The van der Waals surface area contributed by atoms with Gasteiger partial charge in [-0.3, -0.25) is 0 Å². The van der Waals surface area contributed by atoms with Gasteiger partial charge in [0.25, 0.3) is 0 Å². The van der Waals surface area contributed by atoms with Gasteiger partial charge in [-0.15, -0.1) is 0 Å². The molecule has 1 nitrogen and oxygen atoms in total. The van der Waals surface area contributed by atoms with E-state index in [0.717, 1.165) is 23.0 Å². The van der Waals surface area contributed by atoms with E-state index in [2.05, 4.69) is 51.6 Å². The van der Waals surface area contributed by atoms with Gasteiger partial charge in [-0.05, 0) is 36.5 Å². The van der Waals surface area contributed by atoms with Crippen molar-refractivity contribution in [1.29, 1.82) is 0 Å². The summed E-state index contributed by atoms with van der Waals surface area (Å²) in [6.07, 6.45) is 2.24. The van der Waals surface area contributed by atoms with Crippen molar-refractivity contribution in [1.82, 2.24) is 0 Å². The molecule has 0 heterocycles. The lowest BCUT2D eigenvalue weighted by atomic mass is 9.76. The molecule has 3 rings (SSSR count). The summed E-state index contributed by atoms with van der Waals surface area (Å²) in [4.78, 5) is 0. The zero-order chi connectivity index (χ0) is 14.1. The zero-order valence-electron chi connectivity index (χ0n) is 10.7. The van der Waals surface area contributed by atoms with Crippen molar-refractivity contribution in [3.63, 3.8) is 0 Å². The average molecular weight is 371 g/mol. The summed E-state index contributed by atoms with van der Waals surface area (Å²) in [5, 5.41) is 4.78. The fourth-order valence-corrected chi connectivity index (χ4v) is 3.93. The highest BCUT2D eigenvalue weighted by Gasteiger charge is 2.30. The highest BCUT2D eigenvalue weighted by atomic mass is 79.9. The fraction of sp³-hybridized carbons (Fsp3) is 0.250. The number of hydrogen-bond donors (Lipinski definition) is 1. The van der Waals surface area contributed by atoms with Crippen LogP contribution in [0.3, 0.4) is 0 Å². The molecule has 1 aliphatic rings. The minimum Gasteiger partial charge on any atom is -0.380 e. The molecule has 1 N–H and O–H groups in total. The Labute approximate surface area is 137 Å². The first kappa shape index (κ1) is 14.2. The van der Waals surface area contributed by atoms with Crippen LogP contribution in [0.25, 0.3) is 0 Å². The van der Waals surface area contributed by atoms with Gasteiger partial charge < -0.3 is 5.32 Å². The molecule has 0 amide bonds. The van der Waals surface area contributed by atoms with E-state index in [0.29, 0.717) is 22.0 Å². The topological polar surface area (TPSA) is 12.0 Å². The second-order valence-electron chi connectivity index (χ2n) is 5.16. The normalized spacial score (nSPS) is 21.4. The van der Waals surface area contributed by atoms with Crippen LogP contribution in [0.1, 0.15) is 24.3 Å². The standard InChI is InChI=1S/C16H14BrCl2N/c17-12-8-14(18)16(15(19)9-12)20-13-6-11(7-13)10-4-2-1-3-5-10/h1-5,8-9,11,13,20H,6-7H2. The largest absolute Gasteiger partial charge is 0.380 e. The Morgan fingerprint density at radius 2 is 1.60 bits per heavy atom. The second-order valence-corrected chi connectivity index (χ2v) is 6.89. The van der Waals surface area contributed by atoms with Gasteiger partial charge in [-0.2, -0.15) is 0 Å². The third-order valence-electron chi connectivity index (χ3n) is 3.76. The SMILES string of the molecule is Clc1cc(Br)cc(Cl)c1NC1CC(c2ccccc2)C1. The molecule has 4 heteroatoms. The van der Waals surface area contributed by atoms with Crippen molar-refractivity contribution in [3.8, 4) is 0 Å². The number of hydrogen-bond acceptors (Lipinski definition) is 1. The number of nitrogens with one attached hydrogen (secondary N) is 1. The summed E-state index contributed by atoms with van der Waals surface area (Å²) >= 11 is 15.9. The van der Waals surface area contributed by atoms with Gasteiger partial charge in [0.2, 0.25) is 0 Å². The maximum Gasteiger partial charge on any atom is 0.0721 e. The molecule has 20 heavy (non-hydrogen) atoms. The van der Waals surface area contributed by atoms with Crippen LogP contribution in [0.2, 0.25) is 10.0 Å². The summed E-state index contributed by atoms with van der Waals surface area (Å²) < 4.78 is 0.897. The van der Waals surface area contributed by atoms with Crippen LogP contribution in [0.5, 0.6) is 0 Å². The summed E-state index contributed by atoms with van der Waals surface area (Å²) in [6, 6.07) is 14.8. The molecule has 0 spiro atoms. The Morgan fingerprint density at radius 3 is 2.20 bits per heavy atom. The highest BCUT2D eigenvalue weighted by molar-refractivity contribution is 9.10. The van der Waals surface area contributed by atoms with Gasteiger partial charge in [0.1, 0.15) is 0 Å². The van der Waals surface area contributed by atoms with Crippen LogP contribution in [-0.2, 0) is 0 Å². The molecule has 0 bridgehead atoms. The molecule has 104 valence electrons. The van der Waals surface area contributed by atoms with Gasteiger partial charge in [-0.25, -0.2) is 0 Å². The van der Waals surface area contributed by atoms with Crippen molar-refractivity contribution in [2.24, 2.45) is 0 Å². The molecule has 0 aromatic heterocycles. The molecule has 1 saturated carbocycles. The Hall–Kier alpha value is -0.700. The van der Waals surface area contributed by atoms with Crippen LogP contribution >= 0.6 is 39.1 Å². The zero-order valence-corrected chi connectivity index (χ0v) is 13.8. The van der Waals surface area contributed by atoms with Gasteiger partial charge >= 0.3 is 0 Å². The quantitative estimate of drug-likeness (QED) is 0.686. The monoisotopic (exact) mass is 369 g/mol. The van der Waals surface area contributed by atoms with Crippen LogP contribution < -0.4 is 5.32 Å². The fourth-order valence-electron chi connectivity index (χ4n) is 2.62. The Morgan fingerprint density at radius 1 is 1.00 bits per heavy atom. The van der Waals surface area contributed by atoms with E-state index in [1.54, 1.807) is 0 Å². The van der Waals surface area contributed by atoms with Crippen LogP contribution in [0.4, 0.5) is 5.69 Å².